The summed E-state index contributed by atoms with van der Waals surface area (Å²) in [6, 6.07) is 7.62. The Morgan fingerprint density at radius 2 is 2.13 bits per heavy atom. The zero-order chi connectivity index (χ0) is 16.4. The third kappa shape index (κ3) is 3.75. The van der Waals surface area contributed by atoms with E-state index in [-0.39, 0.29) is 23.3 Å². The second kappa shape index (κ2) is 6.74. The molecule has 0 unspecified atom stereocenters. The third-order valence-corrected chi connectivity index (χ3v) is 4.68. The molecule has 1 aromatic carbocycles. The summed E-state index contributed by atoms with van der Waals surface area (Å²) in [5, 5.41) is 4.19. The molecule has 2 aromatic rings. The number of aromatic nitrogens is 2. The molecule has 1 fully saturated rings. The first kappa shape index (κ1) is 16.1. The largest absolute Gasteiger partial charge is 0.355 e. The summed E-state index contributed by atoms with van der Waals surface area (Å²) in [5.41, 5.74) is 0.697. The molecule has 122 valence electrons. The van der Waals surface area contributed by atoms with Crippen LogP contribution in [0, 0.1) is 5.92 Å². The van der Waals surface area contributed by atoms with E-state index >= 15 is 0 Å². The second-order valence-corrected chi connectivity index (χ2v) is 7.25. The minimum Gasteiger partial charge on any atom is -0.355 e. The van der Waals surface area contributed by atoms with E-state index in [0.29, 0.717) is 28.5 Å². The molecule has 1 aliphatic rings. The van der Waals surface area contributed by atoms with Gasteiger partial charge in [-0.1, -0.05) is 37.7 Å². The molecule has 0 atom stereocenters. The average Bonchev–Trinajstić information content (AvgIpc) is 3.35. The first-order valence-electron chi connectivity index (χ1n) is 7.97. The van der Waals surface area contributed by atoms with Crippen molar-refractivity contribution in [3.63, 3.8) is 0 Å². The van der Waals surface area contributed by atoms with Gasteiger partial charge in [0, 0.05) is 12.6 Å². The summed E-state index contributed by atoms with van der Waals surface area (Å²) in [6.45, 7) is 4.78. The summed E-state index contributed by atoms with van der Waals surface area (Å²) >= 11 is 1.34. The molecule has 1 amide bonds. The van der Waals surface area contributed by atoms with Crippen molar-refractivity contribution in [1.82, 2.24) is 14.9 Å². The lowest BCUT2D eigenvalue weighted by molar-refractivity contribution is -0.118. The number of nitrogens with zero attached hydrogens (tertiary/aromatic N) is 2. The maximum absolute atomic E-state index is 12.7. The molecule has 0 bridgehead atoms. The number of hydrogen-bond donors (Lipinski definition) is 1. The Balaban J connectivity index is 1.83. The maximum Gasteiger partial charge on any atom is 0.262 e. The fourth-order valence-corrected chi connectivity index (χ4v) is 3.28. The molecular formula is C17H21N3O2S. The molecule has 23 heavy (non-hydrogen) atoms. The van der Waals surface area contributed by atoms with Gasteiger partial charge >= 0.3 is 0 Å². The predicted octanol–water partition coefficient (Wildman–Crippen LogP) is 2.60. The predicted molar refractivity (Wildman–Crippen MR) is 92.8 cm³/mol. The Hall–Kier alpha value is -1.82. The summed E-state index contributed by atoms with van der Waals surface area (Å²) in [7, 11) is 0. The van der Waals surface area contributed by atoms with Gasteiger partial charge in [0.05, 0.1) is 16.7 Å². The van der Waals surface area contributed by atoms with Crippen molar-refractivity contribution in [3.05, 3.63) is 34.6 Å². The van der Waals surface area contributed by atoms with Gasteiger partial charge in [-0.15, -0.1) is 0 Å². The van der Waals surface area contributed by atoms with E-state index < -0.39 is 0 Å². The molecule has 0 saturated heterocycles. The molecule has 1 saturated carbocycles. The van der Waals surface area contributed by atoms with E-state index in [1.54, 1.807) is 4.57 Å². The first-order chi connectivity index (χ1) is 11.1. The molecule has 0 aliphatic heterocycles. The van der Waals surface area contributed by atoms with Crippen molar-refractivity contribution in [2.24, 2.45) is 5.92 Å². The van der Waals surface area contributed by atoms with Crippen LogP contribution in [0.1, 0.15) is 32.7 Å². The SMILES string of the molecule is CC(C)CNC(=O)CSc1nc2ccccc2c(=O)n1C1CC1. The van der Waals surface area contributed by atoms with E-state index in [4.69, 9.17) is 0 Å². The fraction of sp³-hybridized carbons (Fsp3) is 0.471. The highest BCUT2D eigenvalue weighted by Crippen LogP contribution is 2.36. The highest BCUT2D eigenvalue weighted by molar-refractivity contribution is 7.99. The minimum atomic E-state index is -0.0199. The normalized spacial score (nSPS) is 14.4. The van der Waals surface area contributed by atoms with Gasteiger partial charge in [-0.2, -0.15) is 0 Å². The second-order valence-electron chi connectivity index (χ2n) is 6.30. The zero-order valence-electron chi connectivity index (χ0n) is 13.4. The molecule has 0 radical (unpaired) electrons. The van der Waals surface area contributed by atoms with Crippen LogP contribution in [0.5, 0.6) is 0 Å². The van der Waals surface area contributed by atoms with Crippen molar-refractivity contribution >= 4 is 28.6 Å². The van der Waals surface area contributed by atoms with Crippen molar-refractivity contribution in [3.8, 4) is 0 Å². The van der Waals surface area contributed by atoms with Crippen LogP contribution in [0.25, 0.3) is 10.9 Å². The number of carbonyl (C=O) groups is 1. The van der Waals surface area contributed by atoms with Crippen molar-refractivity contribution in [2.45, 2.75) is 37.9 Å². The number of rotatable bonds is 6. The third-order valence-electron chi connectivity index (χ3n) is 3.73. The van der Waals surface area contributed by atoms with E-state index in [1.165, 1.54) is 11.8 Å². The highest BCUT2D eigenvalue weighted by atomic mass is 32.2. The van der Waals surface area contributed by atoms with Gasteiger partial charge in [-0.3, -0.25) is 14.2 Å². The minimum absolute atomic E-state index is 0.00295. The number of carbonyl (C=O) groups excluding carboxylic acids is 1. The Morgan fingerprint density at radius 1 is 1.39 bits per heavy atom. The van der Waals surface area contributed by atoms with Crippen molar-refractivity contribution < 1.29 is 4.79 Å². The number of fused-ring (bicyclic) bond motifs is 1. The number of benzene rings is 1. The number of amides is 1. The van der Waals surface area contributed by atoms with Crippen LogP contribution in [0.3, 0.4) is 0 Å². The molecule has 0 spiro atoms. The number of nitrogens with one attached hydrogen (secondary N) is 1. The molecule has 1 aliphatic carbocycles. The summed E-state index contributed by atoms with van der Waals surface area (Å²) in [5.74, 6) is 0.686. The van der Waals surface area contributed by atoms with Gasteiger partial charge in [0.15, 0.2) is 5.16 Å². The Bertz CT molecular complexity index is 781. The van der Waals surface area contributed by atoms with Crippen LogP contribution in [0.2, 0.25) is 0 Å². The van der Waals surface area contributed by atoms with Crippen LogP contribution in [0.15, 0.2) is 34.2 Å². The maximum atomic E-state index is 12.7. The summed E-state index contributed by atoms with van der Waals surface area (Å²) in [4.78, 5) is 29.2. The van der Waals surface area contributed by atoms with Crippen LogP contribution >= 0.6 is 11.8 Å². The number of hydrogen-bond acceptors (Lipinski definition) is 4. The van der Waals surface area contributed by atoms with E-state index in [9.17, 15) is 9.59 Å². The molecule has 6 heteroatoms. The molecule has 1 aromatic heterocycles. The lowest BCUT2D eigenvalue weighted by Gasteiger charge is -2.12. The van der Waals surface area contributed by atoms with Crippen LogP contribution in [0.4, 0.5) is 0 Å². The molecule has 3 rings (SSSR count). The van der Waals surface area contributed by atoms with Gasteiger partial charge < -0.3 is 5.32 Å². The summed E-state index contributed by atoms with van der Waals surface area (Å²) < 4.78 is 1.77. The van der Waals surface area contributed by atoms with Gasteiger partial charge in [0.25, 0.3) is 5.56 Å². The fourth-order valence-electron chi connectivity index (χ4n) is 2.38. The van der Waals surface area contributed by atoms with Crippen LogP contribution < -0.4 is 10.9 Å². The smallest absolute Gasteiger partial charge is 0.262 e. The van der Waals surface area contributed by atoms with Gasteiger partial charge in [0.1, 0.15) is 0 Å². The number of thioether (sulfide) groups is 1. The Morgan fingerprint density at radius 3 is 2.83 bits per heavy atom. The van der Waals surface area contributed by atoms with E-state index in [2.05, 4.69) is 24.1 Å². The number of para-hydroxylation sites is 1. The lowest BCUT2D eigenvalue weighted by Crippen LogP contribution is -2.29. The van der Waals surface area contributed by atoms with Crippen LogP contribution in [-0.2, 0) is 4.79 Å². The molecular weight excluding hydrogens is 310 g/mol. The molecule has 1 N–H and O–H groups in total. The van der Waals surface area contributed by atoms with E-state index in [0.717, 1.165) is 12.8 Å². The molecule has 1 heterocycles. The van der Waals surface area contributed by atoms with Crippen molar-refractivity contribution in [1.29, 1.82) is 0 Å². The average molecular weight is 331 g/mol. The monoisotopic (exact) mass is 331 g/mol. The van der Waals surface area contributed by atoms with Crippen molar-refractivity contribution in [2.75, 3.05) is 12.3 Å². The van der Waals surface area contributed by atoms with Gasteiger partial charge in [-0.25, -0.2) is 4.98 Å². The highest BCUT2D eigenvalue weighted by Gasteiger charge is 2.28. The summed E-state index contributed by atoms with van der Waals surface area (Å²) in [6.07, 6.45) is 2.01. The van der Waals surface area contributed by atoms with Crippen LogP contribution in [-0.4, -0.2) is 27.8 Å². The van der Waals surface area contributed by atoms with Gasteiger partial charge in [-0.05, 0) is 30.9 Å². The quantitative estimate of drug-likeness (QED) is 0.653. The zero-order valence-corrected chi connectivity index (χ0v) is 14.2. The Labute approximate surface area is 139 Å². The Kier molecular flexibility index (Phi) is 4.71. The lowest BCUT2D eigenvalue weighted by atomic mass is 10.2. The van der Waals surface area contributed by atoms with E-state index in [1.807, 2.05) is 24.3 Å². The topological polar surface area (TPSA) is 64.0 Å². The molecule has 5 nitrogen and oxygen atoms in total. The standard InChI is InChI=1S/C17H21N3O2S/c1-11(2)9-18-15(21)10-23-17-19-14-6-4-3-5-13(14)16(22)20(17)12-7-8-12/h3-6,11-12H,7-10H2,1-2H3,(H,18,21). The van der Waals surface area contributed by atoms with Gasteiger partial charge in [0.2, 0.25) is 5.91 Å². The first-order valence-corrected chi connectivity index (χ1v) is 8.95.